The van der Waals surface area contributed by atoms with Crippen LogP contribution in [0.1, 0.15) is 27.9 Å². The lowest BCUT2D eigenvalue weighted by Gasteiger charge is -2.35. The highest BCUT2D eigenvalue weighted by Crippen LogP contribution is 2.32. The summed E-state index contributed by atoms with van der Waals surface area (Å²) in [5.41, 5.74) is 6.34. The second-order valence-electron chi connectivity index (χ2n) is 7.22. The number of carbonyl (C=O) groups is 1. The molecule has 1 unspecified atom stereocenters. The summed E-state index contributed by atoms with van der Waals surface area (Å²) in [6.45, 7) is 4.02. The van der Waals surface area contributed by atoms with E-state index in [4.69, 9.17) is 24.4 Å². The molecule has 1 aliphatic heterocycles. The molecule has 1 amide bonds. The molecule has 0 radical (unpaired) electrons. The summed E-state index contributed by atoms with van der Waals surface area (Å²) in [5.74, 6) is 2.12. The van der Waals surface area contributed by atoms with Crippen molar-refractivity contribution >= 4 is 11.9 Å². The minimum Gasteiger partial charge on any atom is -0.493 e. The van der Waals surface area contributed by atoms with Crippen molar-refractivity contribution in [1.82, 2.24) is 15.5 Å². The zero-order valence-corrected chi connectivity index (χ0v) is 18.7. The normalized spacial score (nSPS) is 15.8. The van der Waals surface area contributed by atoms with Crippen molar-refractivity contribution in [1.29, 1.82) is 0 Å². The van der Waals surface area contributed by atoms with E-state index in [1.54, 1.807) is 33.4 Å². The van der Waals surface area contributed by atoms with Gasteiger partial charge in [-0.25, -0.2) is 0 Å². The van der Waals surface area contributed by atoms with Crippen molar-refractivity contribution in [3.8, 4) is 11.5 Å². The third-order valence-corrected chi connectivity index (χ3v) is 5.30. The fraction of sp³-hybridized carbons (Fsp3) is 0.455. The largest absolute Gasteiger partial charge is 0.493 e. The molecular weight excluding hydrogens is 414 g/mol. The number of carbonyl (C=O) groups excluding carboxylic acids is 1. The Balaban J connectivity index is 1.69. The van der Waals surface area contributed by atoms with Gasteiger partial charge in [0.2, 0.25) is 0 Å². The van der Waals surface area contributed by atoms with E-state index >= 15 is 0 Å². The second kappa shape index (κ2) is 11.4. The third kappa shape index (κ3) is 5.92. The van der Waals surface area contributed by atoms with Gasteiger partial charge in [-0.15, -0.1) is 0 Å². The Morgan fingerprint density at radius 3 is 2.53 bits per heavy atom. The van der Waals surface area contributed by atoms with Crippen LogP contribution in [0.3, 0.4) is 0 Å². The molecule has 0 bridgehead atoms. The van der Waals surface area contributed by atoms with E-state index in [9.17, 15) is 4.79 Å². The maximum atomic E-state index is 11.2. The SMILES string of the molecule is CN=C(NCc1ccc(C(N)=O)o1)NCC(c1ccc(OC)c(OC)c1)N1CCOCC1. The van der Waals surface area contributed by atoms with Gasteiger partial charge in [0, 0.05) is 26.7 Å². The highest BCUT2D eigenvalue weighted by Gasteiger charge is 2.24. The molecule has 10 heteroatoms. The van der Waals surface area contributed by atoms with Crippen LogP contribution in [0.4, 0.5) is 0 Å². The third-order valence-electron chi connectivity index (χ3n) is 5.30. The number of amides is 1. The Morgan fingerprint density at radius 2 is 1.91 bits per heavy atom. The molecule has 1 fully saturated rings. The molecule has 3 rings (SSSR count). The maximum Gasteiger partial charge on any atom is 0.284 e. The van der Waals surface area contributed by atoms with Crippen LogP contribution in [0.5, 0.6) is 11.5 Å². The lowest BCUT2D eigenvalue weighted by Crippen LogP contribution is -2.46. The molecule has 1 atom stereocenters. The highest BCUT2D eigenvalue weighted by molar-refractivity contribution is 5.89. The minimum atomic E-state index is -0.595. The molecule has 2 aromatic rings. The van der Waals surface area contributed by atoms with Gasteiger partial charge < -0.3 is 35.0 Å². The first kappa shape index (κ1) is 23.4. The lowest BCUT2D eigenvalue weighted by molar-refractivity contribution is 0.0169. The number of furan rings is 1. The first-order chi connectivity index (χ1) is 15.5. The molecule has 1 aromatic heterocycles. The summed E-state index contributed by atoms with van der Waals surface area (Å²) in [7, 11) is 4.96. The van der Waals surface area contributed by atoms with Crippen molar-refractivity contribution < 1.29 is 23.4 Å². The van der Waals surface area contributed by atoms with Crippen LogP contribution in [-0.2, 0) is 11.3 Å². The summed E-state index contributed by atoms with van der Waals surface area (Å²) in [6.07, 6.45) is 0. The van der Waals surface area contributed by atoms with E-state index in [1.807, 2.05) is 18.2 Å². The number of primary amides is 1. The van der Waals surface area contributed by atoms with Crippen LogP contribution in [0.25, 0.3) is 0 Å². The van der Waals surface area contributed by atoms with Crippen LogP contribution >= 0.6 is 0 Å². The van der Waals surface area contributed by atoms with E-state index in [1.165, 1.54) is 0 Å². The summed E-state index contributed by atoms with van der Waals surface area (Å²) < 4.78 is 21.8. The number of nitrogens with zero attached hydrogens (tertiary/aromatic N) is 2. The molecular formula is C22H31N5O5. The molecule has 32 heavy (non-hydrogen) atoms. The fourth-order valence-electron chi connectivity index (χ4n) is 3.60. The molecule has 4 N–H and O–H groups in total. The number of morpholine rings is 1. The van der Waals surface area contributed by atoms with Crippen molar-refractivity contribution in [3.05, 3.63) is 47.4 Å². The first-order valence-electron chi connectivity index (χ1n) is 10.4. The minimum absolute atomic E-state index is 0.0716. The monoisotopic (exact) mass is 445 g/mol. The van der Waals surface area contributed by atoms with Gasteiger partial charge in [-0.3, -0.25) is 14.7 Å². The Hall–Kier alpha value is -3.24. The Kier molecular flexibility index (Phi) is 8.34. The number of guanidine groups is 1. The molecule has 174 valence electrons. The first-order valence-corrected chi connectivity index (χ1v) is 10.4. The van der Waals surface area contributed by atoms with E-state index in [0.717, 1.165) is 18.7 Å². The molecule has 1 aliphatic rings. The Morgan fingerprint density at radius 1 is 1.16 bits per heavy atom. The zero-order valence-electron chi connectivity index (χ0n) is 18.7. The van der Waals surface area contributed by atoms with E-state index in [0.29, 0.717) is 49.5 Å². The molecule has 2 heterocycles. The number of aliphatic imine (C=N–C) groups is 1. The Bertz CT molecular complexity index is 923. The van der Waals surface area contributed by atoms with Crippen molar-refractivity contribution in [3.63, 3.8) is 0 Å². The zero-order chi connectivity index (χ0) is 22.9. The number of hydrogen-bond acceptors (Lipinski definition) is 7. The average molecular weight is 446 g/mol. The average Bonchev–Trinajstić information content (AvgIpc) is 3.31. The van der Waals surface area contributed by atoms with Crippen LogP contribution < -0.4 is 25.8 Å². The number of rotatable bonds is 9. The Labute approximate surface area is 187 Å². The molecule has 1 saturated heterocycles. The number of nitrogens with two attached hydrogens (primary N) is 1. The van der Waals surface area contributed by atoms with Gasteiger partial charge in [0.05, 0.1) is 40.0 Å². The molecule has 10 nitrogen and oxygen atoms in total. The summed E-state index contributed by atoms with van der Waals surface area (Å²) in [6, 6.07) is 9.31. The van der Waals surface area contributed by atoms with Gasteiger partial charge in [-0.05, 0) is 29.8 Å². The number of benzene rings is 1. The fourth-order valence-corrected chi connectivity index (χ4v) is 3.60. The summed E-state index contributed by atoms with van der Waals surface area (Å²) in [5, 5.41) is 6.58. The molecule has 0 spiro atoms. The number of nitrogens with one attached hydrogen (secondary N) is 2. The van der Waals surface area contributed by atoms with Crippen molar-refractivity contribution in [2.24, 2.45) is 10.7 Å². The van der Waals surface area contributed by atoms with Crippen LogP contribution in [0.15, 0.2) is 39.7 Å². The molecule has 0 aliphatic carbocycles. The highest BCUT2D eigenvalue weighted by atomic mass is 16.5. The summed E-state index contributed by atoms with van der Waals surface area (Å²) >= 11 is 0. The van der Waals surface area contributed by atoms with Gasteiger partial charge in [0.15, 0.2) is 23.2 Å². The van der Waals surface area contributed by atoms with Crippen LogP contribution in [-0.4, -0.2) is 70.9 Å². The standard InChI is InChI=1S/C22H31N5O5/c1-24-22(25-13-16-5-7-19(32-16)21(23)28)26-14-17(27-8-10-31-11-9-27)15-4-6-18(29-2)20(12-15)30-3/h4-7,12,17H,8-11,13-14H2,1-3H3,(H2,23,28)(H2,24,25,26). The van der Waals surface area contributed by atoms with Gasteiger partial charge in [0.25, 0.3) is 5.91 Å². The number of ether oxygens (including phenoxy) is 3. The lowest BCUT2D eigenvalue weighted by atomic mass is 10.0. The van der Waals surface area contributed by atoms with E-state index in [2.05, 4.69) is 20.5 Å². The molecule has 0 saturated carbocycles. The predicted octanol–water partition coefficient (Wildman–Crippen LogP) is 1.13. The van der Waals surface area contributed by atoms with Gasteiger partial charge in [-0.1, -0.05) is 6.07 Å². The van der Waals surface area contributed by atoms with Crippen LogP contribution in [0, 0.1) is 0 Å². The topological polar surface area (TPSA) is 124 Å². The quantitative estimate of drug-likeness (QED) is 0.388. The van der Waals surface area contributed by atoms with Gasteiger partial charge >= 0.3 is 0 Å². The number of methoxy groups -OCH3 is 2. The number of hydrogen-bond donors (Lipinski definition) is 3. The van der Waals surface area contributed by atoms with E-state index in [-0.39, 0.29) is 11.8 Å². The van der Waals surface area contributed by atoms with Crippen LogP contribution in [0.2, 0.25) is 0 Å². The van der Waals surface area contributed by atoms with Gasteiger partial charge in [-0.2, -0.15) is 0 Å². The van der Waals surface area contributed by atoms with Crippen molar-refractivity contribution in [2.45, 2.75) is 12.6 Å². The van der Waals surface area contributed by atoms with Crippen molar-refractivity contribution in [2.75, 3.05) is 54.1 Å². The summed E-state index contributed by atoms with van der Waals surface area (Å²) in [4.78, 5) is 17.9. The van der Waals surface area contributed by atoms with Gasteiger partial charge in [0.1, 0.15) is 5.76 Å². The van der Waals surface area contributed by atoms with E-state index < -0.39 is 5.91 Å². The second-order valence-corrected chi connectivity index (χ2v) is 7.22. The maximum absolute atomic E-state index is 11.2. The smallest absolute Gasteiger partial charge is 0.284 e. The predicted molar refractivity (Wildman–Crippen MR) is 120 cm³/mol. The molecule has 1 aromatic carbocycles.